The minimum absolute atomic E-state index is 0.0825. The first kappa shape index (κ1) is 20.5. The molecule has 0 N–H and O–H groups in total. The summed E-state index contributed by atoms with van der Waals surface area (Å²) in [5, 5.41) is 0. The molecule has 0 saturated heterocycles. The smallest absolute Gasteiger partial charge is 0.302 e. The van der Waals surface area contributed by atoms with Gasteiger partial charge < -0.3 is 14.2 Å². The third-order valence-electron chi connectivity index (χ3n) is 4.74. The van der Waals surface area contributed by atoms with Crippen molar-refractivity contribution in [3.63, 3.8) is 0 Å². The number of ether oxygens (including phenoxy) is 3. The summed E-state index contributed by atoms with van der Waals surface area (Å²) >= 11 is 0. The zero-order chi connectivity index (χ0) is 19.7. The topological polar surface area (TPSA) is 88.1 Å². The lowest BCUT2D eigenvalue weighted by Gasteiger charge is -2.39. The molecule has 0 aromatic heterocycles. The lowest BCUT2D eigenvalue weighted by atomic mass is 9.87. The van der Waals surface area contributed by atoms with Crippen LogP contribution in [0.3, 0.4) is 0 Å². The number of carbonyl (C=O) groups is 1. The third-order valence-corrected chi connectivity index (χ3v) is 5.28. The Morgan fingerprint density at radius 1 is 1.15 bits per heavy atom. The molecule has 1 aromatic rings. The van der Waals surface area contributed by atoms with E-state index in [1.165, 1.54) is 6.92 Å². The molecule has 146 valence electrons. The van der Waals surface area contributed by atoms with Gasteiger partial charge in [0.2, 0.25) is 0 Å². The molecule has 0 radical (unpaired) electrons. The average molecular weight is 386 g/mol. The van der Waals surface area contributed by atoms with Crippen molar-refractivity contribution in [1.29, 1.82) is 0 Å². The second kappa shape index (κ2) is 7.44. The molecule has 0 amide bonds. The predicted octanol–water partition coefficient (Wildman–Crippen LogP) is 2.22. The molecule has 0 bridgehead atoms. The van der Waals surface area contributed by atoms with Crippen molar-refractivity contribution in [3.8, 4) is 11.5 Å². The predicted molar refractivity (Wildman–Crippen MR) is 96.3 cm³/mol. The van der Waals surface area contributed by atoms with Gasteiger partial charge in [0.25, 0.3) is 10.1 Å². The van der Waals surface area contributed by atoms with Crippen LogP contribution in [-0.2, 0) is 30.3 Å². The minimum atomic E-state index is -3.66. The molecule has 7 nitrogen and oxygen atoms in total. The monoisotopic (exact) mass is 386 g/mol. The summed E-state index contributed by atoms with van der Waals surface area (Å²) < 4.78 is 44.8. The second-order valence-electron chi connectivity index (χ2n) is 6.75. The van der Waals surface area contributed by atoms with Crippen molar-refractivity contribution in [2.75, 3.05) is 26.6 Å². The van der Waals surface area contributed by atoms with Crippen LogP contribution in [0, 0.1) is 20.8 Å². The molecule has 1 heterocycles. The Morgan fingerprint density at radius 3 is 2.35 bits per heavy atom. The summed E-state index contributed by atoms with van der Waals surface area (Å²) in [4.78, 5) is 11.3. The fraction of sp³-hybridized carbons (Fsp3) is 0.611. The average Bonchev–Trinajstić information content (AvgIpc) is 2.56. The van der Waals surface area contributed by atoms with Gasteiger partial charge >= 0.3 is 5.97 Å². The van der Waals surface area contributed by atoms with E-state index in [-0.39, 0.29) is 13.2 Å². The lowest BCUT2D eigenvalue weighted by molar-refractivity contribution is -0.149. The van der Waals surface area contributed by atoms with Crippen molar-refractivity contribution in [2.24, 2.45) is 0 Å². The van der Waals surface area contributed by atoms with Crippen LogP contribution in [0.15, 0.2) is 0 Å². The van der Waals surface area contributed by atoms with E-state index in [0.717, 1.165) is 34.3 Å². The Morgan fingerprint density at radius 2 is 1.81 bits per heavy atom. The van der Waals surface area contributed by atoms with Crippen molar-refractivity contribution < 1.29 is 31.6 Å². The lowest BCUT2D eigenvalue weighted by Crippen LogP contribution is -2.49. The van der Waals surface area contributed by atoms with Gasteiger partial charge in [0, 0.05) is 12.5 Å². The van der Waals surface area contributed by atoms with Gasteiger partial charge in [0.15, 0.2) is 5.60 Å². The van der Waals surface area contributed by atoms with Crippen molar-refractivity contribution in [2.45, 2.75) is 46.1 Å². The van der Waals surface area contributed by atoms with Crippen LogP contribution in [-0.4, -0.2) is 46.6 Å². The summed E-state index contributed by atoms with van der Waals surface area (Å²) in [6, 6.07) is 0. The molecular formula is C18H26O7S. The number of hydrogen-bond acceptors (Lipinski definition) is 7. The number of carbonyl (C=O) groups excluding carboxylic acids is 1. The molecule has 1 atom stereocenters. The number of rotatable bonds is 6. The number of benzene rings is 1. The molecule has 1 aromatic carbocycles. The molecule has 1 aliphatic rings. The van der Waals surface area contributed by atoms with Crippen LogP contribution in [0.5, 0.6) is 11.5 Å². The van der Waals surface area contributed by atoms with Gasteiger partial charge in [0.1, 0.15) is 24.7 Å². The largest absolute Gasteiger partial charge is 0.496 e. The first-order valence-electron chi connectivity index (χ1n) is 8.33. The molecule has 2 rings (SSSR count). The van der Waals surface area contributed by atoms with Gasteiger partial charge in [-0.1, -0.05) is 0 Å². The quantitative estimate of drug-likeness (QED) is 0.547. The highest BCUT2D eigenvalue weighted by atomic mass is 32.2. The van der Waals surface area contributed by atoms with Crippen LogP contribution < -0.4 is 9.47 Å². The minimum Gasteiger partial charge on any atom is -0.496 e. The number of fused-ring (bicyclic) bond motifs is 1. The Kier molecular flexibility index (Phi) is 5.87. The molecule has 0 unspecified atom stereocenters. The summed E-state index contributed by atoms with van der Waals surface area (Å²) in [7, 11) is -2.02. The SMILES string of the molecule is COc1c(C)c(C)c2c(c1C)CC[C@@](COC(C)=O)(COS(C)(=O)=O)O2. The van der Waals surface area contributed by atoms with E-state index in [1.54, 1.807) is 7.11 Å². The molecule has 0 aliphatic carbocycles. The second-order valence-corrected chi connectivity index (χ2v) is 8.39. The number of methoxy groups -OCH3 is 1. The Bertz CT molecular complexity index is 814. The molecule has 0 fully saturated rings. The Balaban J connectivity index is 2.45. The van der Waals surface area contributed by atoms with Gasteiger partial charge in [-0.3, -0.25) is 8.98 Å². The maximum Gasteiger partial charge on any atom is 0.302 e. The standard InChI is InChI=1S/C18H26O7S/c1-11-12(2)17-15(13(3)16(11)22-5)7-8-18(25-17,9-23-14(4)19)10-24-26(6,20)21/h7-10H2,1-6H3/t18-/m1/s1. The van der Waals surface area contributed by atoms with Gasteiger partial charge in [-0.05, 0) is 50.3 Å². The van der Waals surface area contributed by atoms with Crippen LogP contribution in [0.25, 0.3) is 0 Å². The zero-order valence-corrected chi connectivity index (χ0v) is 16.9. The molecular weight excluding hydrogens is 360 g/mol. The molecule has 26 heavy (non-hydrogen) atoms. The molecule has 0 saturated carbocycles. The van der Waals surface area contributed by atoms with Gasteiger partial charge in [-0.15, -0.1) is 0 Å². The van der Waals surface area contributed by atoms with E-state index in [9.17, 15) is 13.2 Å². The third kappa shape index (κ3) is 4.29. The van der Waals surface area contributed by atoms with Crippen LogP contribution >= 0.6 is 0 Å². The molecule has 1 aliphatic heterocycles. The van der Waals surface area contributed by atoms with Gasteiger partial charge in [0.05, 0.1) is 13.4 Å². The highest BCUT2D eigenvalue weighted by Crippen LogP contribution is 2.44. The van der Waals surface area contributed by atoms with Gasteiger partial charge in [-0.2, -0.15) is 8.42 Å². The zero-order valence-electron chi connectivity index (χ0n) is 16.1. The summed E-state index contributed by atoms with van der Waals surface area (Å²) in [5.74, 6) is 1.04. The normalized spacial score (nSPS) is 19.5. The van der Waals surface area contributed by atoms with Crippen molar-refractivity contribution in [3.05, 3.63) is 22.3 Å². The van der Waals surface area contributed by atoms with E-state index >= 15 is 0 Å². The number of hydrogen-bond donors (Lipinski definition) is 0. The van der Waals surface area contributed by atoms with E-state index in [0.29, 0.717) is 18.6 Å². The van der Waals surface area contributed by atoms with E-state index < -0.39 is 21.7 Å². The van der Waals surface area contributed by atoms with Crippen LogP contribution in [0.1, 0.15) is 35.6 Å². The Labute approximate surface area is 154 Å². The van der Waals surface area contributed by atoms with Gasteiger partial charge in [-0.25, -0.2) is 0 Å². The van der Waals surface area contributed by atoms with E-state index in [4.69, 9.17) is 18.4 Å². The van der Waals surface area contributed by atoms with E-state index in [2.05, 4.69) is 0 Å². The van der Waals surface area contributed by atoms with Crippen molar-refractivity contribution in [1.82, 2.24) is 0 Å². The summed E-state index contributed by atoms with van der Waals surface area (Å²) in [5.41, 5.74) is 2.82. The fourth-order valence-electron chi connectivity index (χ4n) is 3.21. The number of esters is 1. The first-order valence-corrected chi connectivity index (χ1v) is 10.1. The van der Waals surface area contributed by atoms with E-state index in [1.807, 2.05) is 20.8 Å². The Hall–Kier alpha value is -1.80. The first-order chi connectivity index (χ1) is 12.0. The fourth-order valence-corrected chi connectivity index (χ4v) is 3.64. The van der Waals surface area contributed by atoms with Crippen molar-refractivity contribution >= 4 is 16.1 Å². The summed E-state index contributed by atoms with van der Waals surface area (Å²) in [6.45, 7) is 6.84. The maximum atomic E-state index is 11.5. The maximum absolute atomic E-state index is 11.5. The van der Waals surface area contributed by atoms with Crippen LogP contribution in [0.4, 0.5) is 0 Å². The molecule has 0 spiro atoms. The summed E-state index contributed by atoms with van der Waals surface area (Å²) in [6.07, 6.45) is 2.07. The molecule has 8 heteroatoms. The van der Waals surface area contributed by atoms with Crippen LogP contribution in [0.2, 0.25) is 0 Å². The highest BCUT2D eigenvalue weighted by molar-refractivity contribution is 7.85. The highest BCUT2D eigenvalue weighted by Gasteiger charge is 2.41.